The van der Waals surface area contributed by atoms with E-state index in [1.807, 2.05) is 91.0 Å². The average molecular weight is 723 g/mol. The lowest BCUT2D eigenvalue weighted by Gasteiger charge is -2.13. The molecule has 6 nitrogen and oxygen atoms in total. The van der Waals surface area contributed by atoms with Gasteiger partial charge in [0.25, 0.3) is 0 Å². The molecule has 1 aromatic heterocycles. The van der Waals surface area contributed by atoms with Crippen LogP contribution >= 0.6 is 0 Å². The molecule has 0 amide bonds. The van der Waals surface area contributed by atoms with E-state index in [1.165, 1.54) is 33.4 Å². The van der Waals surface area contributed by atoms with E-state index < -0.39 is 0 Å². The maximum atomic E-state index is 5.12. The van der Waals surface area contributed by atoms with Crippen molar-refractivity contribution in [2.75, 3.05) is 0 Å². The van der Waals surface area contributed by atoms with E-state index in [9.17, 15) is 0 Å². The summed E-state index contributed by atoms with van der Waals surface area (Å²) in [4.78, 5) is 29.3. The van der Waals surface area contributed by atoms with Gasteiger partial charge in [0, 0.05) is 22.3 Å². The zero-order chi connectivity index (χ0) is 37.7. The highest BCUT2D eigenvalue weighted by Crippen LogP contribution is 2.42. The van der Waals surface area contributed by atoms with Crippen molar-refractivity contribution < 1.29 is 0 Å². The fourth-order valence-corrected chi connectivity index (χ4v) is 7.39. The van der Waals surface area contributed by atoms with Crippen LogP contribution in [0.15, 0.2) is 190 Å². The Morgan fingerprint density at radius 1 is 0.554 bits per heavy atom. The number of nitrogens with zero attached hydrogens (tertiary/aromatic N) is 6. The van der Waals surface area contributed by atoms with Crippen LogP contribution in [0.4, 0.5) is 0 Å². The molecule has 268 valence electrons. The summed E-state index contributed by atoms with van der Waals surface area (Å²) < 4.78 is 0. The molecule has 6 aromatic carbocycles. The number of fused-ring (bicyclic) bond motifs is 5. The molecule has 2 aliphatic rings. The molecule has 0 N–H and O–H groups in total. The van der Waals surface area contributed by atoms with Crippen LogP contribution in [0.2, 0.25) is 0 Å². The number of allylic oxidation sites excluding steroid dienone is 3. The summed E-state index contributed by atoms with van der Waals surface area (Å²) in [5.74, 6) is 3.20. The van der Waals surface area contributed by atoms with Gasteiger partial charge in [0.1, 0.15) is 0 Å². The van der Waals surface area contributed by atoms with Crippen molar-refractivity contribution in [2.24, 2.45) is 15.0 Å². The van der Waals surface area contributed by atoms with E-state index in [1.54, 1.807) is 0 Å². The van der Waals surface area contributed by atoms with E-state index in [0.717, 1.165) is 52.7 Å². The summed E-state index contributed by atoms with van der Waals surface area (Å²) in [6.07, 6.45) is 9.00. The van der Waals surface area contributed by atoms with Crippen molar-refractivity contribution in [1.29, 1.82) is 0 Å². The lowest BCUT2D eigenvalue weighted by atomic mass is 9.93. The third-order valence-electron chi connectivity index (χ3n) is 10.2. The Bertz CT molecular complexity index is 2640. The second-order valence-corrected chi connectivity index (χ2v) is 13.9. The molecule has 6 heteroatoms. The largest absolute Gasteiger partial charge is 0.262 e. The summed E-state index contributed by atoms with van der Waals surface area (Å²) in [7, 11) is 0. The van der Waals surface area contributed by atoms with E-state index in [-0.39, 0.29) is 0 Å². The number of aliphatic imine (C=N–C) groups is 3. The van der Waals surface area contributed by atoms with Gasteiger partial charge >= 0.3 is 0 Å². The molecule has 0 aliphatic heterocycles. The van der Waals surface area contributed by atoms with Gasteiger partial charge in [0.15, 0.2) is 29.1 Å². The minimum Gasteiger partial charge on any atom is -0.262 e. The Balaban J connectivity index is 1.10. The Morgan fingerprint density at radius 2 is 1.12 bits per heavy atom. The first-order chi connectivity index (χ1) is 27.7. The fourth-order valence-electron chi connectivity index (χ4n) is 7.39. The molecule has 2 aliphatic carbocycles. The normalized spacial score (nSPS) is 13.5. The Kier molecular flexibility index (Phi) is 9.67. The lowest BCUT2D eigenvalue weighted by Crippen LogP contribution is -2.08. The topological polar surface area (TPSA) is 75.8 Å². The van der Waals surface area contributed by atoms with Gasteiger partial charge in [-0.2, -0.15) is 0 Å². The predicted octanol–water partition coefficient (Wildman–Crippen LogP) is 11.4. The van der Waals surface area contributed by atoms with E-state index >= 15 is 0 Å². The Hall–Kier alpha value is -7.18. The van der Waals surface area contributed by atoms with Gasteiger partial charge in [0.2, 0.25) is 0 Å². The summed E-state index contributed by atoms with van der Waals surface area (Å²) in [6.45, 7) is 4.31. The van der Waals surface area contributed by atoms with Crippen molar-refractivity contribution in [2.45, 2.75) is 25.8 Å². The molecule has 0 saturated heterocycles. The van der Waals surface area contributed by atoms with Gasteiger partial charge in [-0.3, -0.25) is 4.99 Å². The fraction of sp³-hybridized carbons (Fsp3) is 0.0800. The number of hydrogen-bond acceptors (Lipinski definition) is 4. The maximum absolute atomic E-state index is 5.12. The van der Waals surface area contributed by atoms with Crippen molar-refractivity contribution in [3.05, 3.63) is 198 Å². The van der Waals surface area contributed by atoms with Gasteiger partial charge < -0.3 is 0 Å². The SMILES string of the molecule is C=NC(=NC(=NCc1ccc2c(c1)-c1ccccc1-c1cc(-c3nc(-c4ccccc4)nc(-c4ccccc4)n3)ccc1C2)C1=CC=CCC1)c1ccccc1. The summed E-state index contributed by atoms with van der Waals surface area (Å²) >= 11 is 0. The number of benzene rings is 6. The highest BCUT2D eigenvalue weighted by Gasteiger charge is 2.21. The van der Waals surface area contributed by atoms with Crippen LogP contribution in [0.25, 0.3) is 56.4 Å². The van der Waals surface area contributed by atoms with E-state index in [2.05, 4.69) is 90.6 Å². The number of rotatable bonds is 7. The average Bonchev–Trinajstić information content (AvgIpc) is 3.41. The molecule has 7 aromatic rings. The molecular weight excluding hydrogens is 685 g/mol. The van der Waals surface area contributed by atoms with Crippen LogP contribution < -0.4 is 0 Å². The minimum absolute atomic E-state index is 0.485. The van der Waals surface area contributed by atoms with E-state index in [4.69, 9.17) is 24.9 Å². The van der Waals surface area contributed by atoms with Crippen molar-refractivity contribution in [1.82, 2.24) is 15.0 Å². The first kappa shape index (κ1) is 34.6. The van der Waals surface area contributed by atoms with Crippen LogP contribution in [0.5, 0.6) is 0 Å². The van der Waals surface area contributed by atoms with Crippen LogP contribution in [0, 0.1) is 0 Å². The highest BCUT2D eigenvalue weighted by molar-refractivity contribution is 6.12. The first-order valence-corrected chi connectivity index (χ1v) is 18.9. The molecule has 0 fully saturated rings. The van der Waals surface area contributed by atoms with Gasteiger partial charge in [0.05, 0.1) is 6.54 Å². The highest BCUT2D eigenvalue weighted by atomic mass is 15.0. The summed E-state index contributed by atoms with van der Waals surface area (Å²) in [5, 5.41) is 0. The van der Waals surface area contributed by atoms with Crippen molar-refractivity contribution >= 4 is 18.4 Å². The second-order valence-electron chi connectivity index (χ2n) is 13.9. The molecule has 0 spiro atoms. The molecular formula is C50H38N6. The standard InChI is InChI=1S/C50H38N6/c1-51-46(35-16-6-2-7-17-35)53-47(36-18-8-3-9-19-36)52-33-34-26-27-39-31-40-28-29-41(32-45(40)43-25-15-14-24-42(43)44(39)30-34)50-55-48(37-20-10-4-11-21-37)54-49(56-50)38-22-12-5-13-23-38/h2-8,10-18,20-30,32H,1,9,19,31,33H2. The van der Waals surface area contributed by atoms with Crippen LogP contribution in [0.1, 0.15) is 35.1 Å². The van der Waals surface area contributed by atoms with E-state index in [0.29, 0.717) is 35.7 Å². The van der Waals surface area contributed by atoms with Gasteiger partial charge in [-0.05, 0) is 82.6 Å². The van der Waals surface area contributed by atoms with Crippen LogP contribution in [-0.4, -0.2) is 33.3 Å². The van der Waals surface area contributed by atoms with Gasteiger partial charge in [-0.25, -0.2) is 24.9 Å². The quantitative estimate of drug-likeness (QED) is 0.121. The number of aromatic nitrogens is 3. The minimum atomic E-state index is 0.485. The molecule has 0 saturated carbocycles. The predicted molar refractivity (Wildman–Crippen MR) is 230 cm³/mol. The van der Waals surface area contributed by atoms with Crippen molar-refractivity contribution in [3.8, 4) is 56.4 Å². The zero-order valence-corrected chi connectivity index (χ0v) is 30.9. The Morgan fingerprint density at radius 3 is 1.73 bits per heavy atom. The van der Waals surface area contributed by atoms with Crippen LogP contribution in [0.3, 0.4) is 0 Å². The zero-order valence-electron chi connectivity index (χ0n) is 30.9. The van der Waals surface area contributed by atoms with Gasteiger partial charge in [-0.1, -0.05) is 158 Å². The van der Waals surface area contributed by atoms with Gasteiger partial charge in [-0.15, -0.1) is 0 Å². The maximum Gasteiger partial charge on any atom is 0.164 e. The lowest BCUT2D eigenvalue weighted by molar-refractivity contribution is 0.983. The summed E-state index contributed by atoms with van der Waals surface area (Å²) in [5.41, 5.74) is 13.3. The van der Waals surface area contributed by atoms with Crippen molar-refractivity contribution in [3.63, 3.8) is 0 Å². The molecule has 0 atom stereocenters. The first-order valence-electron chi connectivity index (χ1n) is 18.9. The third-order valence-corrected chi connectivity index (χ3v) is 10.2. The Labute approximate surface area is 327 Å². The molecule has 0 bridgehead atoms. The molecule has 0 radical (unpaired) electrons. The van der Waals surface area contributed by atoms with Crippen LogP contribution in [-0.2, 0) is 13.0 Å². The monoisotopic (exact) mass is 722 g/mol. The molecule has 56 heavy (non-hydrogen) atoms. The third kappa shape index (κ3) is 7.20. The second kappa shape index (κ2) is 15.7. The molecule has 9 rings (SSSR count). The summed E-state index contributed by atoms with van der Waals surface area (Å²) in [6, 6.07) is 52.2. The molecule has 0 unspecified atom stereocenters. The number of amidine groups is 2. The molecule has 1 heterocycles. The smallest absolute Gasteiger partial charge is 0.164 e. The number of hydrogen-bond donors (Lipinski definition) is 0.